The Bertz CT molecular complexity index is 576. The average molecular weight is 302 g/mol. The lowest BCUT2D eigenvalue weighted by molar-refractivity contribution is -0.684. The van der Waals surface area contributed by atoms with Gasteiger partial charge in [-0.1, -0.05) is 12.1 Å². The molecule has 0 aliphatic rings. The molecule has 0 fully saturated rings. The van der Waals surface area contributed by atoms with Gasteiger partial charge in [0.1, 0.15) is 6.04 Å². The third-order valence-electron chi connectivity index (χ3n) is 3.59. The second-order valence-electron chi connectivity index (χ2n) is 5.58. The molecular formula is C17H24N3O2+. The van der Waals surface area contributed by atoms with Crippen LogP contribution in [0.5, 0.6) is 0 Å². The van der Waals surface area contributed by atoms with Crippen LogP contribution in [0.3, 0.4) is 0 Å². The standard InChI is InChI=1S/C17H23N3O2/c1-13(16-5-4-10-22-16)18-12-17(21)19-11-14-6-8-15(9-7-14)20(2)3/h4-10,13,18H,11-12H2,1-3H3,(H,19,21)/p+1/t13-/m0/s1. The van der Waals surface area contributed by atoms with Gasteiger partial charge in [0.25, 0.3) is 5.91 Å². The molecule has 2 aromatic rings. The molecule has 1 aromatic heterocycles. The van der Waals surface area contributed by atoms with Crippen LogP contribution in [0.4, 0.5) is 5.69 Å². The fraction of sp³-hybridized carbons (Fsp3) is 0.353. The first-order valence-corrected chi connectivity index (χ1v) is 7.46. The van der Waals surface area contributed by atoms with Crippen molar-refractivity contribution in [2.45, 2.75) is 19.5 Å². The van der Waals surface area contributed by atoms with E-state index in [-0.39, 0.29) is 11.9 Å². The number of hydrogen-bond acceptors (Lipinski definition) is 3. The first-order chi connectivity index (χ1) is 10.6. The summed E-state index contributed by atoms with van der Waals surface area (Å²) in [5.74, 6) is 0.905. The molecule has 118 valence electrons. The molecule has 1 amide bonds. The molecule has 22 heavy (non-hydrogen) atoms. The highest BCUT2D eigenvalue weighted by atomic mass is 16.3. The normalized spacial score (nSPS) is 12.0. The van der Waals surface area contributed by atoms with Crippen LogP contribution in [-0.2, 0) is 11.3 Å². The topological polar surface area (TPSA) is 62.1 Å². The van der Waals surface area contributed by atoms with Crippen molar-refractivity contribution in [2.24, 2.45) is 0 Å². The fourth-order valence-electron chi connectivity index (χ4n) is 2.14. The lowest BCUT2D eigenvalue weighted by atomic mass is 10.2. The number of furan rings is 1. The molecule has 3 N–H and O–H groups in total. The molecule has 0 bridgehead atoms. The number of hydrogen-bond donors (Lipinski definition) is 2. The molecule has 5 heteroatoms. The Hall–Kier alpha value is -2.27. The Balaban J connectivity index is 1.73. The maximum atomic E-state index is 11.9. The van der Waals surface area contributed by atoms with Crippen LogP contribution in [0.1, 0.15) is 24.3 Å². The molecule has 0 radical (unpaired) electrons. The molecule has 0 unspecified atom stereocenters. The lowest BCUT2D eigenvalue weighted by Gasteiger charge is -2.13. The van der Waals surface area contributed by atoms with Crippen molar-refractivity contribution in [1.82, 2.24) is 5.32 Å². The smallest absolute Gasteiger partial charge is 0.275 e. The van der Waals surface area contributed by atoms with Crippen molar-refractivity contribution >= 4 is 11.6 Å². The van der Waals surface area contributed by atoms with Crippen molar-refractivity contribution in [3.05, 3.63) is 54.0 Å². The van der Waals surface area contributed by atoms with Gasteiger partial charge in [0.2, 0.25) is 0 Å². The SMILES string of the molecule is C[C@H]([NH2+]CC(=O)NCc1ccc(N(C)C)cc1)c1ccco1. The lowest BCUT2D eigenvalue weighted by Crippen LogP contribution is -2.86. The molecule has 0 saturated carbocycles. The third kappa shape index (κ3) is 4.63. The number of anilines is 1. The number of quaternary nitrogens is 1. The largest absolute Gasteiger partial charge is 0.463 e. The van der Waals surface area contributed by atoms with Crippen LogP contribution in [-0.4, -0.2) is 26.5 Å². The molecule has 5 nitrogen and oxygen atoms in total. The summed E-state index contributed by atoms with van der Waals surface area (Å²) in [6, 6.07) is 12.1. The van der Waals surface area contributed by atoms with E-state index in [4.69, 9.17) is 4.42 Å². The van der Waals surface area contributed by atoms with Gasteiger partial charge in [-0.3, -0.25) is 4.79 Å². The van der Waals surface area contributed by atoms with Crippen molar-refractivity contribution in [3.63, 3.8) is 0 Å². The van der Waals surface area contributed by atoms with E-state index in [0.29, 0.717) is 13.1 Å². The minimum Gasteiger partial charge on any atom is -0.463 e. The molecule has 0 aliphatic carbocycles. The minimum absolute atomic E-state index is 0.0232. The van der Waals surface area contributed by atoms with E-state index in [2.05, 4.69) is 5.32 Å². The highest BCUT2D eigenvalue weighted by molar-refractivity contribution is 5.76. The molecule has 1 heterocycles. The maximum absolute atomic E-state index is 11.9. The van der Waals surface area contributed by atoms with Gasteiger partial charge in [-0.05, 0) is 36.8 Å². The van der Waals surface area contributed by atoms with Gasteiger partial charge in [-0.25, -0.2) is 0 Å². The van der Waals surface area contributed by atoms with Crippen molar-refractivity contribution in [2.75, 3.05) is 25.5 Å². The summed E-state index contributed by atoms with van der Waals surface area (Å²) in [4.78, 5) is 13.9. The zero-order valence-electron chi connectivity index (χ0n) is 13.4. The van der Waals surface area contributed by atoms with Gasteiger partial charge in [-0.2, -0.15) is 0 Å². The van der Waals surface area contributed by atoms with E-state index in [1.807, 2.05) is 67.6 Å². The predicted molar refractivity (Wildman–Crippen MR) is 86.5 cm³/mol. The second kappa shape index (κ2) is 7.66. The first-order valence-electron chi connectivity index (χ1n) is 7.46. The van der Waals surface area contributed by atoms with E-state index in [1.165, 1.54) is 0 Å². The summed E-state index contributed by atoms with van der Waals surface area (Å²) in [5.41, 5.74) is 2.24. The predicted octanol–water partition coefficient (Wildman–Crippen LogP) is 1.29. The Morgan fingerprint density at radius 1 is 1.27 bits per heavy atom. The highest BCUT2D eigenvalue weighted by Crippen LogP contribution is 2.11. The molecule has 1 aromatic carbocycles. The number of nitrogens with zero attached hydrogens (tertiary/aromatic N) is 1. The van der Waals surface area contributed by atoms with Crippen LogP contribution in [0.15, 0.2) is 47.1 Å². The summed E-state index contributed by atoms with van der Waals surface area (Å²) in [5, 5.41) is 4.90. The maximum Gasteiger partial charge on any atom is 0.275 e. The summed E-state index contributed by atoms with van der Waals surface area (Å²) in [7, 11) is 4.01. The van der Waals surface area contributed by atoms with Crippen LogP contribution < -0.4 is 15.5 Å². The molecule has 0 aliphatic heterocycles. The van der Waals surface area contributed by atoms with Crippen LogP contribution in [0, 0.1) is 0 Å². The Morgan fingerprint density at radius 3 is 2.59 bits per heavy atom. The van der Waals surface area contributed by atoms with Gasteiger partial charge in [0, 0.05) is 26.3 Å². The zero-order chi connectivity index (χ0) is 15.9. The van der Waals surface area contributed by atoms with Gasteiger partial charge < -0.3 is 20.0 Å². The first kappa shape index (κ1) is 16.1. The fourth-order valence-corrected chi connectivity index (χ4v) is 2.14. The summed E-state index contributed by atoms with van der Waals surface area (Å²) in [6.07, 6.45) is 1.65. The summed E-state index contributed by atoms with van der Waals surface area (Å²) in [6.45, 7) is 2.96. The van der Waals surface area contributed by atoms with E-state index in [0.717, 1.165) is 17.0 Å². The molecule has 2 rings (SSSR count). The average Bonchev–Trinajstić information content (AvgIpc) is 3.05. The zero-order valence-corrected chi connectivity index (χ0v) is 13.4. The number of rotatable bonds is 7. The number of carbonyl (C=O) groups is 1. The Kier molecular flexibility index (Phi) is 5.61. The molecule has 0 saturated heterocycles. The summed E-state index contributed by atoms with van der Waals surface area (Å²) < 4.78 is 5.32. The van der Waals surface area contributed by atoms with Crippen molar-refractivity contribution in [3.8, 4) is 0 Å². The van der Waals surface area contributed by atoms with Gasteiger partial charge >= 0.3 is 0 Å². The van der Waals surface area contributed by atoms with Crippen molar-refractivity contribution < 1.29 is 14.5 Å². The molecule has 0 spiro atoms. The number of benzene rings is 1. The number of nitrogens with one attached hydrogen (secondary N) is 1. The number of nitrogens with two attached hydrogens (primary N) is 1. The van der Waals surface area contributed by atoms with Crippen molar-refractivity contribution in [1.29, 1.82) is 0 Å². The van der Waals surface area contributed by atoms with Gasteiger partial charge in [0.05, 0.1) is 6.26 Å². The van der Waals surface area contributed by atoms with Gasteiger partial charge in [-0.15, -0.1) is 0 Å². The molecular weight excluding hydrogens is 278 g/mol. The third-order valence-corrected chi connectivity index (χ3v) is 3.59. The van der Waals surface area contributed by atoms with E-state index < -0.39 is 0 Å². The number of amides is 1. The summed E-state index contributed by atoms with van der Waals surface area (Å²) >= 11 is 0. The van der Waals surface area contributed by atoms with E-state index >= 15 is 0 Å². The Labute approximate surface area is 131 Å². The van der Waals surface area contributed by atoms with Crippen LogP contribution in [0.25, 0.3) is 0 Å². The van der Waals surface area contributed by atoms with Gasteiger partial charge in [0.15, 0.2) is 12.3 Å². The second-order valence-corrected chi connectivity index (χ2v) is 5.58. The van der Waals surface area contributed by atoms with E-state index in [1.54, 1.807) is 6.26 Å². The minimum atomic E-state index is 0.0232. The van der Waals surface area contributed by atoms with E-state index in [9.17, 15) is 4.79 Å². The number of carbonyl (C=O) groups excluding carboxylic acids is 1. The molecule has 1 atom stereocenters. The highest BCUT2D eigenvalue weighted by Gasteiger charge is 2.13. The van der Waals surface area contributed by atoms with Crippen LogP contribution >= 0.6 is 0 Å². The Morgan fingerprint density at radius 2 is 2.00 bits per heavy atom. The van der Waals surface area contributed by atoms with Crippen LogP contribution in [0.2, 0.25) is 0 Å². The monoisotopic (exact) mass is 302 g/mol. The quantitative estimate of drug-likeness (QED) is 0.810.